The molecule has 0 amide bonds. The van der Waals surface area contributed by atoms with Crippen molar-refractivity contribution in [2.24, 2.45) is 0 Å². The molecule has 0 saturated heterocycles. The molecule has 2 unspecified atom stereocenters. The molecule has 2 aromatic carbocycles. The highest BCUT2D eigenvalue weighted by Crippen LogP contribution is 2.22. The summed E-state index contributed by atoms with van der Waals surface area (Å²) in [5.41, 5.74) is 2.11. The Morgan fingerprint density at radius 3 is 2.47 bits per heavy atom. The standard InChI is InChI=1S/C17H20O2/c1-3-14-8-7-11-16(12-14)19-13(2)17(18)15-9-5-4-6-10-15/h4-13,17-18H,3H2,1-2H3. The molecule has 2 nitrogen and oxygen atoms in total. The summed E-state index contributed by atoms with van der Waals surface area (Å²) in [7, 11) is 0. The Kier molecular flexibility index (Phi) is 4.58. The zero-order valence-corrected chi connectivity index (χ0v) is 11.4. The van der Waals surface area contributed by atoms with E-state index in [1.54, 1.807) is 0 Å². The van der Waals surface area contributed by atoms with Gasteiger partial charge in [0.1, 0.15) is 18.0 Å². The molecule has 0 aromatic heterocycles. The van der Waals surface area contributed by atoms with Gasteiger partial charge in [-0.05, 0) is 36.6 Å². The van der Waals surface area contributed by atoms with Crippen molar-refractivity contribution in [1.82, 2.24) is 0 Å². The van der Waals surface area contributed by atoms with Crippen LogP contribution in [0.3, 0.4) is 0 Å². The lowest BCUT2D eigenvalue weighted by molar-refractivity contribution is 0.0467. The number of aryl methyl sites for hydroxylation is 1. The molecule has 2 aromatic rings. The van der Waals surface area contributed by atoms with E-state index in [1.807, 2.05) is 55.5 Å². The van der Waals surface area contributed by atoms with E-state index in [0.29, 0.717) is 0 Å². The van der Waals surface area contributed by atoms with Gasteiger partial charge in [-0.25, -0.2) is 0 Å². The molecular formula is C17H20O2. The van der Waals surface area contributed by atoms with Crippen molar-refractivity contribution in [3.05, 3.63) is 65.7 Å². The number of hydrogen-bond acceptors (Lipinski definition) is 2. The fourth-order valence-corrected chi connectivity index (χ4v) is 2.04. The number of hydrogen-bond donors (Lipinski definition) is 1. The molecule has 0 radical (unpaired) electrons. The van der Waals surface area contributed by atoms with E-state index in [0.717, 1.165) is 17.7 Å². The van der Waals surface area contributed by atoms with E-state index in [2.05, 4.69) is 13.0 Å². The van der Waals surface area contributed by atoms with Crippen LogP contribution in [0, 0.1) is 0 Å². The molecule has 0 aliphatic rings. The summed E-state index contributed by atoms with van der Waals surface area (Å²) in [5, 5.41) is 10.3. The minimum Gasteiger partial charge on any atom is -0.488 e. The zero-order valence-electron chi connectivity index (χ0n) is 11.4. The third kappa shape index (κ3) is 3.58. The Bertz CT molecular complexity index is 508. The molecule has 1 N–H and O–H groups in total. The number of aliphatic hydroxyl groups excluding tert-OH is 1. The smallest absolute Gasteiger partial charge is 0.126 e. The summed E-state index contributed by atoms with van der Waals surface area (Å²) in [5.74, 6) is 0.807. The van der Waals surface area contributed by atoms with Crippen LogP contribution >= 0.6 is 0 Å². The second-order valence-electron chi connectivity index (χ2n) is 4.68. The lowest BCUT2D eigenvalue weighted by atomic mass is 10.1. The van der Waals surface area contributed by atoms with E-state index < -0.39 is 6.10 Å². The molecule has 0 aliphatic heterocycles. The highest BCUT2D eigenvalue weighted by atomic mass is 16.5. The molecule has 0 fully saturated rings. The van der Waals surface area contributed by atoms with E-state index >= 15 is 0 Å². The van der Waals surface area contributed by atoms with Crippen molar-refractivity contribution < 1.29 is 9.84 Å². The molecule has 0 aliphatic carbocycles. The van der Waals surface area contributed by atoms with Gasteiger partial charge in [-0.2, -0.15) is 0 Å². The minimum absolute atomic E-state index is 0.283. The van der Waals surface area contributed by atoms with Gasteiger partial charge in [0.25, 0.3) is 0 Å². The van der Waals surface area contributed by atoms with Crippen LogP contribution in [-0.2, 0) is 6.42 Å². The first kappa shape index (κ1) is 13.6. The minimum atomic E-state index is -0.619. The molecule has 2 heteroatoms. The molecular weight excluding hydrogens is 236 g/mol. The van der Waals surface area contributed by atoms with Gasteiger partial charge in [-0.15, -0.1) is 0 Å². The van der Waals surface area contributed by atoms with E-state index in [-0.39, 0.29) is 6.10 Å². The van der Waals surface area contributed by atoms with Gasteiger partial charge in [-0.1, -0.05) is 49.4 Å². The third-order valence-corrected chi connectivity index (χ3v) is 3.21. The number of rotatable bonds is 5. The maximum Gasteiger partial charge on any atom is 0.126 e. The first-order valence-electron chi connectivity index (χ1n) is 6.69. The zero-order chi connectivity index (χ0) is 13.7. The number of aliphatic hydroxyl groups is 1. The fourth-order valence-electron chi connectivity index (χ4n) is 2.04. The lowest BCUT2D eigenvalue weighted by Crippen LogP contribution is -2.21. The molecule has 0 heterocycles. The monoisotopic (exact) mass is 256 g/mol. The summed E-state index contributed by atoms with van der Waals surface area (Å²) >= 11 is 0. The predicted molar refractivity (Wildman–Crippen MR) is 77.3 cm³/mol. The van der Waals surface area contributed by atoms with Crippen LogP contribution in [0.2, 0.25) is 0 Å². The Morgan fingerprint density at radius 1 is 1.05 bits per heavy atom. The van der Waals surface area contributed by atoms with Gasteiger partial charge < -0.3 is 9.84 Å². The first-order valence-corrected chi connectivity index (χ1v) is 6.69. The van der Waals surface area contributed by atoms with Crippen molar-refractivity contribution in [2.45, 2.75) is 32.5 Å². The summed E-state index contributed by atoms with van der Waals surface area (Å²) in [6, 6.07) is 17.6. The predicted octanol–water partition coefficient (Wildman–Crippen LogP) is 3.75. The quantitative estimate of drug-likeness (QED) is 0.882. The maximum atomic E-state index is 10.3. The summed E-state index contributed by atoms with van der Waals surface area (Å²) in [6.07, 6.45) is 0.0771. The number of ether oxygens (including phenoxy) is 1. The number of benzene rings is 2. The van der Waals surface area contributed by atoms with Crippen molar-refractivity contribution >= 4 is 0 Å². The molecule has 0 bridgehead atoms. The van der Waals surface area contributed by atoms with Crippen LogP contribution < -0.4 is 4.74 Å². The van der Waals surface area contributed by atoms with Gasteiger partial charge in [0.15, 0.2) is 0 Å². The summed E-state index contributed by atoms with van der Waals surface area (Å²) < 4.78 is 5.82. The Hall–Kier alpha value is -1.80. The molecule has 100 valence electrons. The second-order valence-corrected chi connectivity index (χ2v) is 4.68. The van der Waals surface area contributed by atoms with Crippen LogP contribution in [0.25, 0.3) is 0 Å². The average Bonchev–Trinajstić information content (AvgIpc) is 2.47. The van der Waals surface area contributed by atoms with E-state index in [1.165, 1.54) is 5.56 Å². The first-order chi connectivity index (χ1) is 9.20. The van der Waals surface area contributed by atoms with Crippen LogP contribution in [0.15, 0.2) is 54.6 Å². The van der Waals surface area contributed by atoms with Crippen molar-refractivity contribution in [3.8, 4) is 5.75 Å². The Labute approximate surface area is 114 Å². The van der Waals surface area contributed by atoms with Gasteiger partial charge in [-0.3, -0.25) is 0 Å². The SMILES string of the molecule is CCc1cccc(OC(C)C(O)c2ccccc2)c1. The van der Waals surface area contributed by atoms with Gasteiger partial charge >= 0.3 is 0 Å². The maximum absolute atomic E-state index is 10.3. The topological polar surface area (TPSA) is 29.5 Å². The van der Waals surface area contributed by atoms with Gasteiger partial charge in [0, 0.05) is 0 Å². The van der Waals surface area contributed by atoms with Crippen LogP contribution in [0.1, 0.15) is 31.1 Å². The van der Waals surface area contributed by atoms with E-state index in [9.17, 15) is 5.11 Å². The fraction of sp³-hybridized carbons (Fsp3) is 0.294. The molecule has 2 atom stereocenters. The summed E-state index contributed by atoms with van der Waals surface area (Å²) in [6.45, 7) is 4.00. The van der Waals surface area contributed by atoms with E-state index in [4.69, 9.17) is 4.74 Å². The summed E-state index contributed by atoms with van der Waals surface area (Å²) in [4.78, 5) is 0. The van der Waals surface area contributed by atoms with Crippen molar-refractivity contribution in [3.63, 3.8) is 0 Å². The highest BCUT2D eigenvalue weighted by molar-refractivity contribution is 5.29. The molecule has 0 spiro atoms. The average molecular weight is 256 g/mol. The van der Waals surface area contributed by atoms with Gasteiger partial charge in [0.2, 0.25) is 0 Å². The van der Waals surface area contributed by atoms with Gasteiger partial charge in [0.05, 0.1) is 0 Å². The third-order valence-electron chi connectivity index (χ3n) is 3.21. The second kappa shape index (κ2) is 6.39. The highest BCUT2D eigenvalue weighted by Gasteiger charge is 2.17. The van der Waals surface area contributed by atoms with Crippen LogP contribution in [0.4, 0.5) is 0 Å². The normalized spacial score (nSPS) is 13.8. The molecule has 19 heavy (non-hydrogen) atoms. The van der Waals surface area contributed by atoms with Crippen LogP contribution in [-0.4, -0.2) is 11.2 Å². The van der Waals surface area contributed by atoms with Crippen LogP contribution in [0.5, 0.6) is 5.75 Å². The lowest BCUT2D eigenvalue weighted by Gasteiger charge is -2.21. The Morgan fingerprint density at radius 2 is 1.79 bits per heavy atom. The molecule has 2 rings (SSSR count). The Balaban J connectivity index is 2.06. The molecule has 0 saturated carbocycles. The largest absolute Gasteiger partial charge is 0.488 e. The van der Waals surface area contributed by atoms with Crippen molar-refractivity contribution in [1.29, 1.82) is 0 Å². The van der Waals surface area contributed by atoms with Crippen molar-refractivity contribution in [2.75, 3.05) is 0 Å².